The van der Waals surface area contributed by atoms with Crippen molar-refractivity contribution in [2.75, 3.05) is 18.4 Å². The lowest BCUT2D eigenvalue weighted by Crippen LogP contribution is -2.50. The lowest BCUT2D eigenvalue weighted by molar-refractivity contribution is 0.0466. The molecule has 8 nitrogen and oxygen atoms in total. The van der Waals surface area contributed by atoms with E-state index in [9.17, 15) is 9.59 Å². The average molecular weight is 473 g/mol. The molecule has 0 aliphatic carbocycles. The number of pyridine rings is 1. The van der Waals surface area contributed by atoms with Gasteiger partial charge in [-0.2, -0.15) is 4.98 Å². The van der Waals surface area contributed by atoms with Crippen LogP contribution in [-0.4, -0.2) is 49.6 Å². The first-order valence-corrected chi connectivity index (χ1v) is 12.0. The van der Waals surface area contributed by atoms with E-state index in [1.54, 1.807) is 17.3 Å². The summed E-state index contributed by atoms with van der Waals surface area (Å²) in [5.41, 5.74) is 2.56. The lowest BCUT2D eigenvalue weighted by atomic mass is 9.91. The van der Waals surface area contributed by atoms with Crippen molar-refractivity contribution in [3.05, 3.63) is 76.7 Å². The van der Waals surface area contributed by atoms with Gasteiger partial charge in [-0.3, -0.25) is 14.6 Å². The summed E-state index contributed by atoms with van der Waals surface area (Å²) < 4.78 is 0.686. The van der Waals surface area contributed by atoms with Crippen molar-refractivity contribution < 1.29 is 9.59 Å². The molecule has 4 heterocycles. The predicted molar refractivity (Wildman–Crippen MR) is 131 cm³/mol. The molecule has 0 saturated carbocycles. The highest BCUT2D eigenvalue weighted by molar-refractivity contribution is 7.18. The molecule has 1 saturated heterocycles. The molecule has 4 aromatic rings. The van der Waals surface area contributed by atoms with Crippen molar-refractivity contribution in [1.29, 1.82) is 0 Å². The highest BCUT2D eigenvalue weighted by Gasteiger charge is 2.35. The number of benzene rings is 1. The van der Waals surface area contributed by atoms with E-state index in [0.29, 0.717) is 47.1 Å². The highest BCUT2D eigenvalue weighted by Crippen LogP contribution is 2.29. The van der Waals surface area contributed by atoms with Crippen LogP contribution in [0.1, 0.15) is 50.8 Å². The molecule has 9 heteroatoms. The fraction of sp³-hybridized carbons (Fsp3) is 0.280. The van der Waals surface area contributed by atoms with Crippen molar-refractivity contribution in [2.24, 2.45) is 5.92 Å². The minimum atomic E-state index is -0.156. The number of aryl methyl sites for hydroxylation is 1. The molecule has 1 N–H and O–H groups in total. The maximum absolute atomic E-state index is 13.4. The van der Waals surface area contributed by atoms with E-state index in [2.05, 4.69) is 25.3 Å². The van der Waals surface area contributed by atoms with Crippen LogP contribution in [0.2, 0.25) is 0 Å². The van der Waals surface area contributed by atoms with Crippen LogP contribution < -0.4 is 5.32 Å². The number of thiazole rings is 1. The fourth-order valence-electron chi connectivity index (χ4n) is 4.07. The van der Waals surface area contributed by atoms with Crippen LogP contribution >= 0.6 is 11.3 Å². The first kappa shape index (κ1) is 22.1. The number of rotatable bonds is 7. The summed E-state index contributed by atoms with van der Waals surface area (Å²) >= 11 is 1.42. The van der Waals surface area contributed by atoms with E-state index >= 15 is 0 Å². The Labute approximate surface area is 201 Å². The maximum Gasteiger partial charge on any atom is 0.274 e. The monoisotopic (exact) mass is 472 g/mol. The number of ketones is 1. The summed E-state index contributed by atoms with van der Waals surface area (Å²) in [7, 11) is 0. The fourth-order valence-corrected chi connectivity index (χ4v) is 4.91. The Morgan fingerprint density at radius 2 is 1.91 bits per heavy atom. The molecule has 1 atom stereocenters. The van der Waals surface area contributed by atoms with Crippen LogP contribution in [0.3, 0.4) is 0 Å². The van der Waals surface area contributed by atoms with E-state index in [0.717, 1.165) is 10.6 Å². The third-order valence-corrected chi connectivity index (χ3v) is 6.87. The number of Topliss-reactive ketones (excluding diaryl/α,β-unsaturated/α-hetero) is 1. The van der Waals surface area contributed by atoms with Gasteiger partial charge in [0, 0.05) is 43.4 Å². The van der Waals surface area contributed by atoms with Gasteiger partial charge in [0.1, 0.15) is 4.70 Å². The Bertz CT molecular complexity index is 1340. The van der Waals surface area contributed by atoms with E-state index < -0.39 is 0 Å². The first-order chi connectivity index (χ1) is 16.5. The zero-order valence-electron chi connectivity index (χ0n) is 18.9. The number of anilines is 1. The molecule has 1 fully saturated rings. The van der Waals surface area contributed by atoms with Gasteiger partial charge >= 0.3 is 0 Å². The summed E-state index contributed by atoms with van der Waals surface area (Å²) in [6.07, 6.45) is 3.94. The molecule has 0 radical (unpaired) electrons. The number of hydrogen-bond acceptors (Lipinski definition) is 8. The normalized spacial score (nSPS) is 14.6. The zero-order chi connectivity index (χ0) is 23.7. The molecule has 0 spiro atoms. The Morgan fingerprint density at radius 1 is 1.12 bits per heavy atom. The summed E-state index contributed by atoms with van der Waals surface area (Å²) in [4.78, 5) is 45.4. The molecular weight excluding hydrogens is 448 g/mol. The van der Waals surface area contributed by atoms with E-state index in [4.69, 9.17) is 0 Å². The number of likely N-dealkylation sites (tertiary alicyclic amines) is 1. The number of carbonyl (C=O) groups excluding carboxylic acids is 2. The van der Waals surface area contributed by atoms with Crippen molar-refractivity contribution in [2.45, 2.75) is 26.3 Å². The first-order valence-electron chi connectivity index (χ1n) is 11.2. The number of amides is 1. The van der Waals surface area contributed by atoms with Gasteiger partial charge in [0.05, 0.1) is 11.0 Å². The van der Waals surface area contributed by atoms with E-state index in [1.807, 2.05) is 56.3 Å². The highest BCUT2D eigenvalue weighted by atomic mass is 32.1. The van der Waals surface area contributed by atoms with Crippen molar-refractivity contribution >= 4 is 39.3 Å². The van der Waals surface area contributed by atoms with Gasteiger partial charge in [0.2, 0.25) is 5.95 Å². The number of hydrogen-bond donors (Lipinski definition) is 1. The third kappa shape index (κ3) is 4.51. The minimum absolute atomic E-state index is 0.0915. The molecule has 0 bridgehead atoms. The van der Waals surface area contributed by atoms with E-state index in [-0.39, 0.29) is 23.7 Å². The summed E-state index contributed by atoms with van der Waals surface area (Å²) in [5.74, 6) is 0.460. The summed E-state index contributed by atoms with van der Waals surface area (Å²) in [5, 5.41) is 4.09. The number of fused-ring (bicyclic) bond motifs is 1. The van der Waals surface area contributed by atoms with Crippen LogP contribution in [-0.2, 0) is 0 Å². The predicted octanol–water partition coefficient (Wildman–Crippen LogP) is 4.31. The lowest BCUT2D eigenvalue weighted by Gasteiger charge is -2.38. The topological polar surface area (TPSA) is 101 Å². The Morgan fingerprint density at radius 3 is 2.65 bits per heavy atom. The SMILES string of the molecule is Cc1nc2nc(NC(C)c3cccnc3)nc(C(=O)N3CC(CC(=O)c4ccccc4)C3)c2s1. The van der Waals surface area contributed by atoms with Gasteiger partial charge in [0.15, 0.2) is 17.1 Å². The van der Waals surface area contributed by atoms with Crippen LogP contribution in [0.5, 0.6) is 0 Å². The standard InChI is InChI=1S/C25H24N6O2S/c1-15(19-9-6-10-26-12-19)27-25-29-21(22-23(30-25)28-16(2)34-22)24(33)31-13-17(14-31)11-20(32)18-7-4-3-5-8-18/h3-10,12,15,17H,11,13-14H2,1-2H3,(H,27,29,30). The van der Waals surface area contributed by atoms with Crippen LogP contribution in [0.15, 0.2) is 54.9 Å². The molecule has 5 rings (SSSR count). The largest absolute Gasteiger partial charge is 0.348 e. The molecule has 1 aliphatic rings. The second-order valence-corrected chi connectivity index (χ2v) is 9.71. The second-order valence-electron chi connectivity index (χ2n) is 8.50. The smallest absolute Gasteiger partial charge is 0.274 e. The number of carbonyl (C=O) groups is 2. The van der Waals surface area contributed by atoms with Crippen molar-refractivity contribution in [1.82, 2.24) is 24.8 Å². The molecule has 1 aliphatic heterocycles. The maximum atomic E-state index is 13.4. The zero-order valence-corrected chi connectivity index (χ0v) is 19.7. The van der Waals surface area contributed by atoms with Gasteiger partial charge in [-0.05, 0) is 25.5 Å². The number of nitrogens with zero attached hydrogens (tertiary/aromatic N) is 5. The van der Waals surface area contributed by atoms with Gasteiger partial charge in [0.25, 0.3) is 5.91 Å². The molecule has 3 aromatic heterocycles. The second kappa shape index (κ2) is 9.26. The van der Waals surface area contributed by atoms with Crippen LogP contribution in [0.4, 0.5) is 5.95 Å². The van der Waals surface area contributed by atoms with Crippen molar-refractivity contribution in [3.63, 3.8) is 0 Å². The quantitative estimate of drug-likeness (QED) is 0.400. The number of aromatic nitrogens is 4. The molecule has 1 unspecified atom stereocenters. The summed E-state index contributed by atoms with van der Waals surface area (Å²) in [6, 6.07) is 13.0. The molecular formula is C25H24N6O2S. The van der Waals surface area contributed by atoms with Crippen molar-refractivity contribution in [3.8, 4) is 0 Å². The molecule has 34 heavy (non-hydrogen) atoms. The van der Waals surface area contributed by atoms with Gasteiger partial charge in [-0.1, -0.05) is 36.4 Å². The third-order valence-electron chi connectivity index (χ3n) is 5.91. The molecule has 172 valence electrons. The van der Waals surface area contributed by atoms with Gasteiger partial charge in [-0.25, -0.2) is 9.97 Å². The number of nitrogens with one attached hydrogen (secondary N) is 1. The Kier molecular flexibility index (Phi) is 6.02. The van der Waals surface area contributed by atoms with E-state index in [1.165, 1.54) is 11.3 Å². The molecule has 1 aromatic carbocycles. The molecule has 1 amide bonds. The summed E-state index contributed by atoms with van der Waals surface area (Å²) in [6.45, 7) is 4.95. The Hall–Kier alpha value is -3.72. The van der Waals surface area contributed by atoms with Gasteiger partial charge < -0.3 is 10.2 Å². The average Bonchev–Trinajstić information content (AvgIpc) is 3.21. The Balaban J connectivity index is 1.32. The van der Waals surface area contributed by atoms with Crippen LogP contribution in [0, 0.1) is 12.8 Å². The minimum Gasteiger partial charge on any atom is -0.348 e. The van der Waals surface area contributed by atoms with Gasteiger partial charge in [-0.15, -0.1) is 11.3 Å². The van der Waals surface area contributed by atoms with Crippen LogP contribution in [0.25, 0.3) is 10.3 Å².